The Bertz CT molecular complexity index is 1330. The molecule has 37 heavy (non-hydrogen) atoms. The van der Waals surface area contributed by atoms with Gasteiger partial charge in [-0.05, 0) is 23.3 Å². The number of aromatic nitrogens is 2. The summed E-state index contributed by atoms with van der Waals surface area (Å²) in [5.74, 6) is -1.33. The molecule has 7 nitrogen and oxygen atoms in total. The second-order valence-corrected chi connectivity index (χ2v) is 8.79. The number of aryl methyl sites for hydroxylation is 1. The zero-order valence-corrected chi connectivity index (χ0v) is 21.0. The fraction of sp³-hybridized carbons (Fsp3) is 0.348. The quantitative estimate of drug-likeness (QED) is 0.355. The molecule has 2 N–H and O–H groups in total. The molecule has 2 aromatic carbocycles. The standard InChI is InChI=1S/C23H21Cl2F5N4O3/c1-11(35)31-8-12-3-4-15(24)13(21(12)25)6-20-33-16-5-14(22(36)32-10-23(28,29)30)18(37-9-19(26)27)7-17(16)34(20)2/h3-5,7,19H,6,8-10H2,1-2H3,(H,31,35)(H,32,36). The molecular weight excluding hydrogens is 546 g/mol. The monoisotopic (exact) mass is 566 g/mol. The second kappa shape index (κ2) is 11.5. The average molecular weight is 567 g/mol. The number of benzene rings is 2. The van der Waals surface area contributed by atoms with Crippen molar-refractivity contribution in [2.75, 3.05) is 13.2 Å². The van der Waals surface area contributed by atoms with Gasteiger partial charge in [-0.2, -0.15) is 13.2 Å². The number of amides is 2. The Kier molecular flexibility index (Phi) is 8.85. The molecule has 0 saturated heterocycles. The van der Waals surface area contributed by atoms with Gasteiger partial charge in [-0.25, -0.2) is 13.8 Å². The number of carbonyl (C=O) groups is 2. The van der Waals surface area contributed by atoms with Gasteiger partial charge in [0.1, 0.15) is 24.7 Å². The van der Waals surface area contributed by atoms with E-state index in [0.29, 0.717) is 32.5 Å². The summed E-state index contributed by atoms with van der Waals surface area (Å²) in [5.41, 5.74) is 1.31. The van der Waals surface area contributed by atoms with Crippen LogP contribution in [0, 0.1) is 0 Å². The first-order chi connectivity index (χ1) is 17.3. The molecule has 3 aromatic rings. The van der Waals surface area contributed by atoms with E-state index in [-0.39, 0.29) is 35.7 Å². The molecule has 0 bridgehead atoms. The molecule has 0 unspecified atom stereocenters. The number of nitrogens with one attached hydrogen (secondary N) is 2. The van der Waals surface area contributed by atoms with Crippen LogP contribution in [-0.2, 0) is 24.8 Å². The summed E-state index contributed by atoms with van der Waals surface area (Å²) in [5, 5.41) is 4.99. The summed E-state index contributed by atoms with van der Waals surface area (Å²) in [6.07, 6.45) is -7.44. The van der Waals surface area contributed by atoms with Crippen LogP contribution in [0.3, 0.4) is 0 Å². The molecule has 0 atom stereocenters. The lowest BCUT2D eigenvalue weighted by atomic mass is 10.1. The van der Waals surface area contributed by atoms with E-state index < -0.39 is 31.7 Å². The van der Waals surface area contributed by atoms with Crippen LogP contribution in [0.25, 0.3) is 11.0 Å². The van der Waals surface area contributed by atoms with E-state index in [4.69, 9.17) is 27.9 Å². The lowest BCUT2D eigenvalue weighted by Gasteiger charge is -2.13. The Balaban J connectivity index is 2.01. The molecule has 0 spiro atoms. The van der Waals surface area contributed by atoms with Crippen molar-refractivity contribution in [1.29, 1.82) is 0 Å². The van der Waals surface area contributed by atoms with E-state index in [9.17, 15) is 31.5 Å². The highest BCUT2D eigenvalue weighted by molar-refractivity contribution is 6.36. The highest BCUT2D eigenvalue weighted by Gasteiger charge is 2.29. The van der Waals surface area contributed by atoms with E-state index in [0.717, 1.165) is 0 Å². The topological polar surface area (TPSA) is 85.2 Å². The van der Waals surface area contributed by atoms with Crippen LogP contribution in [0.15, 0.2) is 24.3 Å². The number of hydrogen-bond donors (Lipinski definition) is 2. The molecule has 0 aliphatic rings. The minimum absolute atomic E-state index is 0.111. The van der Waals surface area contributed by atoms with Gasteiger partial charge in [0.15, 0.2) is 0 Å². The maximum absolute atomic E-state index is 12.8. The number of ether oxygens (including phenoxy) is 1. The third-order valence-corrected chi connectivity index (χ3v) is 6.09. The second-order valence-electron chi connectivity index (χ2n) is 8.01. The van der Waals surface area contributed by atoms with Gasteiger partial charge < -0.3 is 19.9 Å². The fourth-order valence-corrected chi connectivity index (χ4v) is 4.05. The SMILES string of the molecule is CC(=O)NCc1ccc(Cl)c(Cc2nc3cc(C(=O)NCC(F)(F)F)c(OCC(F)F)cc3n2C)c1Cl. The van der Waals surface area contributed by atoms with Crippen LogP contribution in [0.4, 0.5) is 22.0 Å². The molecule has 0 radical (unpaired) electrons. The minimum Gasteiger partial charge on any atom is -0.487 e. The van der Waals surface area contributed by atoms with Crippen molar-refractivity contribution < 1.29 is 36.3 Å². The smallest absolute Gasteiger partial charge is 0.405 e. The molecule has 0 fully saturated rings. The van der Waals surface area contributed by atoms with Crippen molar-refractivity contribution in [3.05, 3.63) is 56.8 Å². The van der Waals surface area contributed by atoms with Crippen molar-refractivity contribution in [2.45, 2.75) is 32.5 Å². The van der Waals surface area contributed by atoms with Gasteiger partial charge in [0.05, 0.1) is 21.6 Å². The van der Waals surface area contributed by atoms with Crippen LogP contribution < -0.4 is 15.4 Å². The van der Waals surface area contributed by atoms with Gasteiger partial charge in [-0.15, -0.1) is 0 Å². The average Bonchev–Trinajstić information content (AvgIpc) is 3.11. The predicted molar refractivity (Wildman–Crippen MR) is 127 cm³/mol. The Morgan fingerprint density at radius 2 is 1.86 bits per heavy atom. The van der Waals surface area contributed by atoms with Crippen LogP contribution in [0.5, 0.6) is 5.75 Å². The first-order valence-electron chi connectivity index (χ1n) is 10.7. The highest BCUT2D eigenvalue weighted by atomic mass is 35.5. The fourth-order valence-electron chi connectivity index (χ4n) is 3.47. The zero-order valence-electron chi connectivity index (χ0n) is 19.5. The van der Waals surface area contributed by atoms with Gasteiger partial charge in [-0.3, -0.25) is 9.59 Å². The third kappa shape index (κ3) is 7.22. The Morgan fingerprint density at radius 1 is 1.16 bits per heavy atom. The number of rotatable bonds is 9. The number of fused-ring (bicyclic) bond motifs is 1. The first-order valence-corrected chi connectivity index (χ1v) is 11.5. The number of hydrogen-bond acceptors (Lipinski definition) is 4. The molecule has 2 amide bonds. The van der Waals surface area contributed by atoms with Crippen LogP contribution in [-0.4, -0.2) is 47.1 Å². The molecule has 200 valence electrons. The van der Waals surface area contributed by atoms with Crippen molar-refractivity contribution >= 4 is 46.0 Å². The maximum Gasteiger partial charge on any atom is 0.405 e. The number of alkyl halides is 5. The summed E-state index contributed by atoms with van der Waals surface area (Å²) in [6.45, 7) is -1.15. The Hall–Kier alpha value is -3.12. The summed E-state index contributed by atoms with van der Waals surface area (Å²) < 4.78 is 69.9. The number of halogens is 7. The van der Waals surface area contributed by atoms with Crippen molar-refractivity contribution in [2.24, 2.45) is 7.05 Å². The van der Waals surface area contributed by atoms with Gasteiger partial charge in [0, 0.05) is 38.0 Å². The lowest BCUT2D eigenvalue weighted by Crippen LogP contribution is -2.34. The first kappa shape index (κ1) is 28.5. The number of nitrogens with zero attached hydrogens (tertiary/aromatic N) is 2. The largest absolute Gasteiger partial charge is 0.487 e. The highest BCUT2D eigenvalue weighted by Crippen LogP contribution is 2.32. The van der Waals surface area contributed by atoms with Crippen LogP contribution in [0.2, 0.25) is 10.0 Å². The van der Waals surface area contributed by atoms with Crippen LogP contribution >= 0.6 is 23.2 Å². The van der Waals surface area contributed by atoms with Crippen LogP contribution in [0.1, 0.15) is 34.2 Å². The lowest BCUT2D eigenvalue weighted by molar-refractivity contribution is -0.123. The van der Waals surface area contributed by atoms with Gasteiger partial charge in [0.25, 0.3) is 12.3 Å². The minimum atomic E-state index is -4.67. The number of imidazole rings is 1. The summed E-state index contributed by atoms with van der Waals surface area (Å²) in [6, 6.07) is 5.70. The van der Waals surface area contributed by atoms with Gasteiger partial charge >= 0.3 is 6.18 Å². The predicted octanol–water partition coefficient (Wildman–Crippen LogP) is 5.04. The Morgan fingerprint density at radius 3 is 2.49 bits per heavy atom. The molecule has 1 heterocycles. The molecule has 0 aliphatic heterocycles. The summed E-state index contributed by atoms with van der Waals surface area (Å²) in [7, 11) is 1.62. The zero-order chi connectivity index (χ0) is 27.5. The Labute approximate surface area is 217 Å². The summed E-state index contributed by atoms with van der Waals surface area (Å²) in [4.78, 5) is 28.2. The third-order valence-electron chi connectivity index (χ3n) is 5.26. The maximum atomic E-state index is 12.8. The summed E-state index contributed by atoms with van der Waals surface area (Å²) >= 11 is 12.9. The molecule has 1 aromatic heterocycles. The van der Waals surface area contributed by atoms with E-state index in [2.05, 4.69) is 10.3 Å². The number of carbonyl (C=O) groups excluding carboxylic acids is 2. The molecule has 0 aliphatic carbocycles. The van der Waals surface area contributed by atoms with Crippen molar-refractivity contribution in [3.8, 4) is 5.75 Å². The van der Waals surface area contributed by atoms with Gasteiger partial charge in [-0.1, -0.05) is 29.3 Å². The molecule has 14 heteroatoms. The molecular formula is C23H21Cl2F5N4O3. The van der Waals surface area contributed by atoms with Crippen molar-refractivity contribution in [1.82, 2.24) is 20.2 Å². The normalized spacial score (nSPS) is 11.7. The van der Waals surface area contributed by atoms with E-state index in [1.807, 2.05) is 0 Å². The van der Waals surface area contributed by atoms with Gasteiger partial charge in [0.2, 0.25) is 5.91 Å². The van der Waals surface area contributed by atoms with E-state index >= 15 is 0 Å². The van der Waals surface area contributed by atoms with Crippen molar-refractivity contribution in [3.63, 3.8) is 0 Å². The molecule has 0 saturated carbocycles. The van der Waals surface area contributed by atoms with E-state index in [1.165, 1.54) is 19.1 Å². The molecule has 3 rings (SSSR count). The van der Waals surface area contributed by atoms with E-state index in [1.54, 1.807) is 29.1 Å².